The Morgan fingerprint density at radius 3 is 1.89 bits per heavy atom. The minimum absolute atomic E-state index is 0.102. The van der Waals surface area contributed by atoms with Crippen LogP contribution in [0.3, 0.4) is 0 Å². The maximum Gasteiger partial charge on any atom is 0.200 e. The molecule has 0 aliphatic heterocycles. The Morgan fingerprint density at radius 2 is 1.42 bits per heavy atom. The van der Waals surface area contributed by atoms with Gasteiger partial charge < -0.3 is 9.47 Å². The lowest BCUT2D eigenvalue weighted by Gasteiger charge is -2.12. The van der Waals surface area contributed by atoms with Gasteiger partial charge in [-0.3, -0.25) is 4.79 Å². The van der Waals surface area contributed by atoms with Gasteiger partial charge in [0.2, 0.25) is 5.78 Å². The van der Waals surface area contributed by atoms with Crippen molar-refractivity contribution in [2.45, 2.75) is 6.92 Å². The predicted octanol–water partition coefficient (Wildman–Crippen LogP) is 3.24. The number of hydrogen-bond acceptors (Lipinski definition) is 3. The van der Waals surface area contributed by atoms with Crippen LogP contribution in [0.5, 0.6) is 11.5 Å². The molecule has 0 unspecified atom stereocenters. The van der Waals surface area contributed by atoms with Gasteiger partial charge in [-0.25, -0.2) is 0 Å². The third-order valence-corrected chi connectivity index (χ3v) is 2.97. The van der Waals surface area contributed by atoms with Gasteiger partial charge in [0.1, 0.15) is 17.1 Å². The molecule has 2 aromatic carbocycles. The number of methoxy groups -OCH3 is 2. The Kier molecular flexibility index (Phi) is 3.85. The van der Waals surface area contributed by atoms with Crippen LogP contribution < -0.4 is 9.47 Å². The SMILES string of the molecule is COc1cccc(OC)c1C(=O)c1ccc(C)cc1. The van der Waals surface area contributed by atoms with E-state index in [9.17, 15) is 4.79 Å². The van der Waals surface area contributed by atoms with Crippen molar-refractivity contribution < 1.29 is 14.3 Å². The van der Waals surface area contributed by atoms with E-state index in [-0.39, 0.29) is 5.78 Å². The molecule has 0 aromatic heterocycles. The summed E-state index contributed by atoms with van der Waals surface area (Å²) in [5, 5.41) is 0. The highest BCUT2D eigenvalue weighted by atomic mass is 16.5. The highest BCUT2D eigenvalue weighted by Crippen LogP contribution is 2.30. The first-order valence-electron chi connectivity index (χ1n) is 5.99. The van der Waals surface area contributed by atoms with E-state index in [1.165, 1.54) is 0 Å². The molecule has 0 amide bonds. The van der Waals surface area contributed by atoms with Crippen LogP contribution in [0.1, 0.15) is 21.5 Å². The molecular weight excluding hydrogens is 240 g/mol. The third kappa shape index (κ3) is 2.60. The zero-order valence-electron chi connectivity index (χ0n) is 11.3. The quantitative estimate of drug-likeness (QED) is 0.788. The zero-order chi connectivity index (χ0) is 13.8. The van der Waals surface area contributed by atoms with Crippen molar-refractivity contribution in [3.8, 4) is 11.5 Å². The van der Waals surface area contributed by atoms with Gasteiger partial charge in [0, 0.05) is 5.56 Å². The largest absolute Gasteiger partial charge is 0.496 e. The Labute approximate surface area is 112 Å². The summed E-state index contributed by atoms with van der Waals surface area (Å²) in [7, 11) is 3.08. The molecule has 3 heteroatoms. The smallest absolute Gasteiger partial charge is 0.200 e. The van der Waals surface area contributed by atoms with E-state index in [2.05, 4.69) is 0 Å². The van der Waals surface area contributed by atoms with Crippen LogP contribution in [-0.2, 0) is 0 Å². The Bertz CT molecular complexity index is 563. The predicted molar refractivity (Wildman–Crippen MR) is 74.2 cm³/mol. The van der Waals surface area contributed by atoms with Crippen molar-refractivity contribution in [1.29, 1.82) is 0 Å². The van der Waals surface area contributed by atoms with Crippen LogP contribution in [0, 0.1) is 6.92 Å². The van der Waals surface area contributed by atoms with Crippen molar-refractivity contribution in [1.82, 2.24) is 0 Å². The molecule has 19 heavy (non-hydrogen) atoms. The van der Waals surface area contributed by atoms with Crippen LogP contribution >= 0.6 is 0 Å². The number of ketones is 1. The third-order valence-electron chi connectivity index (χ3n) is 2.97. The summed E-state index contributed by atoms with van der Waals surface area (Å²) in [5.74, 6) is 0.934. The van der Waals surface area contributed by atoms with Crippen molar-refractivity contribution >= 4 is 5.78 Å². The second-order valence-corrected chi connectivity index (χ2v) is 4.23. The Balaban J connectivity index is 2.51. The van der Waals surface area contributed by atoms with Gasteiger partial charge in [-0.05, 0) is 19.1 Å². The number of ether oxygens (including phenoxy) is 2. The average Bonchev–Trinajstić information content (AvgIpc) is 2.46. The topological polar surface area (TPSA) is 35.5 Å². The van der Waals surface area contributed by atoms with E-state index in [4.69, 9.17) is 9.47 Å². The maximum atomic E-state index is 12.6. The van der Waals surface area contributed by atoms with Gasteiger partial charge >= 0.3 is 0 Å². The van der Waals surface area contributed by atoms with Crippen LogP contribution in [0.25, 0.3) is 0 Å². The fourth-order valence-corrected chi connectivity index (χ4v) is 1.92. The van der Waals surface area contributed by atoms with Crippen LogP contribution in [-0.4, -0.2) is 20.0 Å². The van der Waals surface area contributed by atoms with E-state index in [0.717, 1.165) is 5.56 Å². The molecule has 0 aliphatic carbocycles. The summed E-state index contributed by atoms with van der Waals surface area (Å²) in [5.41, 5.74) is 2.19. The van der Waals surface area contributed by atoms with E-state index in [1.807, 2.05) is 31.2 Å². The number of hydrogen-bond donors (Lipinski definition) is 0. The highest BCUT2D eigenvalue weighted by molar-refractivity contribution is 6.12. The van der Waals surface area contributed by atoms with Crippen molar-refractivity contribution in [3.05, 3.63) is 59.2 Å². The van der Waals surface area contributed by atoms with E-state index >= 15 is 0 Å². The van der Waals surface area contributed by atoms with E-state index in [1.54, 1.807) is 32.4 Å². The fourth-order valence-electron chi connectivity index (χ4n) is 1.92. The summed E-state index contributed by atoms with van der Waals surface area (Å²) < 4.78 is 10.5. The maximum absolute atomic E-state index is 12.6. The molecule has 0 saturated carbocycles. The number of aryl methyl sites for hydroxylation is 1. The molecular formula is C16H16O3. The lowest BCUT2D eigenvalue weighted by Crippen LogP contribution is -2.06. The monoisotopic (exact) mass is 256 g/mol. The summed E-state index contributed by atoms with van der Waals surface area (Å²) in [6.45, 7) is 1.98. The van der Waals surface area contributed by atoms with Gasteiger partial charge in [0.25, 0.3) is 0 Å². The normalized spacial score (nSPS) is 10.1. The minimum Gasteiger partial charge on any atom is -0.496 e. The van der Waals surface area contributed by atoms with Crippen LogP contribution in [0.15, 0.2) is 42.5 Å². The zero-order valence-corrected chi connectivity index (χ0v) is 11.3. The molecule has 98 valence electrons. The number of carbonyl (C=O) groups is 1. The number of benzene rings is 2. The van der Waals surface area contributed by atoms with E-state index in [0.29, 0.717) is 22.6 Å². The first-order chi connectivity index (χ1) is 9.17. The minimum atomic E-state index is -0.102. The fraction of sp³-hybridized carbons (Fsp3) is 0.188. The lowest BCUT2D eigenvalue weighted by molar-refractivity contribution is 0.103. The second-order valence-electron chi connectivity index (χ2n) is 4.23. The molecule has 0 heterocycles. The first kappa shape index (κ1) is 13.1. The molecule has 2 rings (SSSR count). The molecule has 0 radical (unpaired) electrons. The Hall–Kier alpha value is -2.29. The van der Waals surface area contributed by atoms with Gasteiger partial charge in [-0.1, -0.05) is 35.9 Å². The molecule has 0 saturated heterocycles. The molecule has 0 fully saturated rings. The average molecular weight is 256 g/mol. The summed E-state index contributed by atoms with van der Waals surface area (Å²) in [6, 6.07) is 12.7. The van der Waals surface area contributed by atoms with Gasteiger partial charge in [-0.2, -0.15) is 0 Å². The number of carbonyl (C=O) groups excluding carboxylic acids is 1. The van der Waals surface area contributed by atoms with Gasteiger partial charge in [0.15, 0.2) is 0 Å². The molecule has 0 N–H and O–H groups in total. The molecule has 0 bridgehead atoms. The standard InChI is InChI=1S/C16H16O3/c1-11-7-9-12(10-8-11)16(17)15-13(18-2)5-4-6-14(15)19-3/h4-10H,1-3H3. The highest BCUT2D eigenvalue weighted by Gasteiger charge is 2.19. The Morgan fingerprint density at radius 1 is 0.895 bits per heavy atom. The second kappa shape index (κ2) is 5.57. The summed E-state index contributed by atoms with van der Waals surface area (Å²) in [4.78, 5) is 12.6. The molecule has 3 nitrogen and oxygen atoms in total. The van der Waals surface area contributed by atoms with Crippen molar-refractivity contribution in [3.63, 3.8) is 0 Å². The van der Waals surface area contributed by atoms with E-state index < -0.39 is 0 Å². The molecule has 0 spiro atoms. The lowest BCUT2D eigenvalue weighted by atomic mass is 10.0. The van der Waals surface area contributed by atoms with Crippen LogP contribution in [0.2, 0.25) is 0 Å². The van der Waals surface area contributed by atoms with Crippen LogP contribution in [0.4, 0.5) is 0 Å². The molecule has 0 aliphatic rings. The summed E-state index contributed by atoms with van der Waals surface area (Å²) in [6.07, 6.45) is 0. The van der Waals surface area contributed by atoms with Gasteiger partial charge in [-0.15, -0.1) is 0 Å². The number of rotatable bonds is 4. The van der Waals surface area contributed by atoms with Crippen molar-refractivity contribution in [2.24, 2.45) is 0 Å². The summed E-state index contributed by atoms with van der Waals surface area (Å²) >= 11 is 0. The van der Waals surface area contributed by atoms with Gasteiger partial charge in [0.05, 0.1) is 14.2 Å². The van der Waals surface area contributed by atoms with Crippen molar-refractivity contribution in [2.75, 3.05) is 14.2 Å². The molecule has 2 aromatic rings. The molecule has 0 atom stereocenters. The first-order valence-corrected chi connectivity index (χ1v) is 5.99.